The number of hydrogen-bond donors (Lipinski definition) is 2. The van der Waals surface area contributed by atoms with Gasteiger partial charge in [0.25, 0.3) is 0 Å². The zero-order valence-electron chi connectivity index (χ0n) is 11.7. The highest BCUT2D eigenvalue weighted by Crippen LogP contribution is 2.31. The molecule has 112 valence electrons. The van der Waals surface area contributed by atoms with Crippen LogP contribution in [-0.2, 0) is 0 Å². The molecule has 3 N–H and O–H groups in total. The van der Waals surface area contributed by atoms with Gasteiger partial charge in [0.1, 0.15) is 10.8 Å². The van der Waals surface area contributed by atoms with E-state index in [1.807, 2.05) is 24.3 Å². The molecule has 2 aromatic carbocycles. The standard InChI is InChI=1S/C16H14N4S.ClH/c17-12-4-1-10(2-5-12)16-20-13-6-3-11(9-14(13)21-16)15-18-7-8-19-15;/h1-6,9H,7-8,17H2,(H,18,19);1H/p-1. The van der Waals surface area contributed by atoms with E-state index in [0.29, 0.717) is 0 Å². The number of halogens is 1. The number of aromatic nitrogens is 1. The average molecular weight is 330 g/mol. The first-order valence-electron chi connectivity index (χ1n) is 6.85. The van der Waals surface area contributed by atoms with E-state index in [4.69, 9.17) is 10.7 Å². The lowest BCUT2D eigenvalue weighted by molar-refractivity contribution is -0.00000416. The van der Waals surface area contributed by atoms with Crippen molar-refractivity contribution >= 4 is 33.1 Å². The van der Waals surface area contributed by atoms with Crippen molar-refractivity contribution in [3.8, 4) is 10.6 Å². The molecule has 0 spiro atoms. The Balaban J connectivity index is 0.00000144. The lowest BCUT2D eigenvalue weighted by atomic mass is 10.2. The molecule has 0 bridgehead atoms. The molecule has 4 nitrogen and oxygen atoms in total. The Bertz CT molecular complexity index is 839. The smallest absolute Gasteiger partial charge is 0.128 e. The summed E-state index contributed by atoms with van der Waals surface area (Å²) < 4.78 is 1.18. The molecule has 0 fully saturated rings. The molecule has 6 heteroatoms. The van der Waals surface area contributed by atoms with Crippen LogP contribution in [0, 0.1) is 0 Å². The first-order valence-corrected chi connectivity index (χ1v) is 7.66. The van der Waals surface area contributed by atoms with E-state index in [9.17, 15) is 0 Å². The van der Waals surface area contributed by atoms with Gasteiger partial charge in [-0.15, -0.1) is 11.3 Å². The van der Waals surface area contributed by atoms with Gasteiger partial charge in [-0.2, -0.15) is 0 Å². The highest BCUT2D eigenvalue weighted by Gasteiger charge is 2.11. The van der Waals surface area contributed by atoms with Crippen molar-refractivity contribution in [3.05, 3.63) is 48.0 Å². The topological polar surface area (TPSA) is 63.3 Å². The molecule has 0 aliphatic carbocycles. The van der Waals surface area contributed by atoms with Crippen LogP contribution in [0.25, 0.3) is 20.8 Å². The molecule has 1 aromatic heterocycles. The Morgan fingerprint density at radius 1 is 1.05 bits per heavy atom. The van der Waals surface area contributed by atoms with E-state index in [1.54, 1.807) is 11.3 Å². The molecule has 1 aliphatic heterocycles. The fourth-order valence-corrected chi connectivity index (χ4v) is 3.42. The number of nitrogens with two attached hydrogens (primary N) is 1. The van der Waals surface area contributed by atoms with Gasteiger partial charge in [0, 0.05) is 23.4 Å². The summed E-state index contributed by atoms with van der Waals surface area (Å²) in [6, 6.07) is 14.1. The van der Waals surface area contributed by atoms with E-state index < -0.39 is 0 Å². The molecular weight excluding hydrogens is 316 g/mol. The minimum atomic E-state index is 0. The predicted octanol–water partition coefficient (Wildman–Crippen LogP) is -0.101. The summed E-state index contributed by atoms with van der Waals surface area (Å²) >= 11 is 1.69. The summed E-state index contributed by atoms with van der Waals surface area (Å²) in [7, 11) is 0. The second-order valence-electron chi connectivity index (χ2n) is 4.98. The molecule has 0 saturated heterocycles. The number of benzene rings is 2. The van der Waals surface area contributed by atoms with Gasteiger partial charge < -0.3 is 23.5 Å². The second kappa shape index (κ2) is 5.94. The summed E-state index contributed by atoms with van der Waals surface area (Å²) in [6.45, 7) is 1.78. The quantitative estimate of drug-likeness (QED) is 0.645. The van der Waals surface area contributed by atoms with Gasteiger partial charge >= 0.3 is 0 Å². The van der Waals surface area contributed by atoms with Crippen molar-refractivity contribution in [1.82, 2.24) is 10.3 Å². The largest absolute Gasteiger partial charge is 1.00 e. The maximum Gasteiger partial charge on any atom is 0.128 e. The van der Waals surface area contributed by atoms with Gasteiger partial charge in [0.15, 0.2) is 0 Å². The average Bonchev–Trinajstić information content (AvgIpc) is 3.16. The van der Waals surface area contributed by atoms with Crippen LogP contribution < -0.4 is 23.5 Å². The van der Waals surface area contributed by atoms with Crippen molar-refractivity contribution in [2.45, 2.75) is 0 Å². The minimum Gasteiger partial charge on any atom is -1.00 e. The van der Waals surface area contributed by atoms with Crippen LogP contribution in [0.4, 0.5) is 5.69 Å². The highest BCUT2D eigenvalue weighted by atomic mass is 35.5. The summed E-state index contributed by atoms with van der Waals surface area (Å²) in [5.74, 6) is 0.985. The molecule has 1 aliphatic rings. The summed E-state index contributed by atoms with van der Waals surface area (Å²) in [5.41, 5.74) is 9.76. The minimum absolute atomic E-state index is 0. The van der Waals surface area contributed by atoms with E-state index in [2.05, 4.69) is 28.5 Å². The molecule has 4 rings (SSSR count). The molecular formula is C16H14ClN4S-. The fourth-order valence-electron chi connectivity index (χ4n) is 2.41. The number of rotatable bonds is 2. The second-order valence-corrected chi connectivity index (χ2v) is 6.01. The Kier molecular flexibility index (Phi) is 4.00. The summed E-state index contributed by atoms with van der Waals surface area (Å²) in [4.78, 5) is 9.16. The number of fused-ring (bicyclic) bond motifs is 1. The van der Waals surface area contributed by atoms with Gasteiger partial charge in [-0.3, -0.25) is 4.99 Å². The number of amidine groups is 1. The zero-order valence-corrected chi connectivity index (χ0v) is 13.3. The van der Waals surface area contributed by atoms with Gasteiger partial charge in [-0.05, 0) is 42.5 Å². The SMILES string of the molecule is Nc1ccc(-c2nc3ccc(C4=NCCN4)cc3s2)cc1.[Cl-]. The Morgan fingerprint density at radius 3 is 2.55 bits per heavy atom. The van der Waals surface area contributed by atoms with Crippen molar-refractivity contribution in [1.29, 1.82) is 0 Å². The lowest BCUT2D eigenvalue weighted by Gasteiger charge is -2.01. The van der Waals surface area contributed by atoms with Crippen molar-refractivity contribution in [2.75, 3.05) is 18.8 Å². The van der Waals surface area contributed by atoms with Crippen LogP contribution >= 0.6 is 11.3 Å². The number of nitrogen functional groups attached to an aromatic ring is 1. The maximum atomic E-state index is 5.73. The third-order valence-corrected chi connectivity index (χ3v) is 4.56. The normalized spacial score (nSPS) is 13.5. The first kappa shape index (κ1) is 14.8. The Hall–Kier alpha value is -2.11. The highest BCUT2D eigenvalue weighted by molar-refractivity contribution is 7.21. The number of nitrogens with one attached hydrogen (secondary N) is 1. The molecule has 0 unspecified atom stereocenters. The Labute approximate surface area is 138 Å². The number of aliphatic imine (C=N–C) groups is 1. The number of thiazole rings is 1. The van der Waals surface area contributed by atoms with Crippen LogP contribution in [-0.4, -0.2) is 23.9 Å². The number of nitrogens with zero attached hydrogens (tertiary/aromatic N) is 2. The molecule has 0 radical (unpaired) electrons. The molecule has 22 heavy (non-hydrogen) atoms. The first-order chi connectivity index (χ1) is 10.3. The van der Waals surface area contributed by atoms with E-state index in [-0.39, 0.29) is 12.4 Å². The van der Waals surface area contributed by atoms with Gasteiger partial charge in [-0.25, -0.2) is 4.98 Å². The van der Waals surface area contributed by atoms with Crippen LogP contribution in [0.1, 0.15) is 5.56 Å². The summed E-state index contributed by atoms with van der Waals surface area (Å²) in [5, 5.41) is 4.32. The monoisotopic (exact) mass is 329 g/mol. The van der Waals surface area contributed by atoms with E-state index in [0.717, 1.165) is 46.3 Å². The lowest BCUT2D eigenvalue weighted by Crippen LogP contribution is -3.00. The molecule has 2 heterocycles. The van der Waals surface area contributed by atoms with Gasteiger partial charge in [-0.1, -0.05) is 0 Å². The van der Waals surface area contributed by atoms with Crippen LogP contribution in [0.5, 0.6) is 0 Å². The number of hydrogen-bond acceptors (Lipinski definition) is 5. The van der Waals surface area contributed by atoms with Crippen molar-refractivity contribution < 1.29 is 12.4 Å². The molecule has 0 atom stereocenters. The fraction of sp³-hybridized carbons (Fsp3) is 0.125. The molecule has 0 amide bonds. The zero-order chi connectivity index (χ0) is 14.2. The van der Waals surface area contributed by atoms with Crippen LogP contribution in [0.15, 0.2) is 47.5 Å². The van der Waals surface area contributed by atoms with E-state index in [1.165, 1.54) is 4.70 Å². The van der Waals surface area contributed by atoms with Crippen LogP contribution in [0.2, 0.25) is 0 Å². The Morgan fingerprint density at radius 2 is 1.82 bits per heavy atom. The third-order valence-electron chi connectivity index (χ3n) is 3.49. The molecule has 3 aromatic rings. The van der Waals surface area contributed by atoms with E-state index >= 15 is 0 Å². The third kappa shape index (κ3) is 2.65. The van der Waals surface area contributed by atoms with Crippen molar-refractivity contribution in [3.63, 3.8) is 0 Å². The van der Waals surface area contributed by atoms with Gasteiger partial charge in [0.2, 0.25) is 0 Å². The summed E-state index contributed by atoms with van der Waals surface area (Å²) in [6.07, 6.45) is 0. The van der Waals surface area contributed by atoms with Crippen LogP contribution in [0.3, 0.4) is 0 Å². The maximum absolute atomic E-state index is 5.73. The molecule has 0 saturated carbocycles. The van der Waals surface area contributed by atoms with Crippen molar-refractivity contribution in [2.24, 2.45) is 4.99 Å². The predicted molar refractivity (Wildman–Crippen MR) is 88.9 cm³/mol. The number of anilines is 1. The van der Waals surface area contributed by atoms with Gasteiger partial charge in [0.05, 0.1) is 16.8 Å².